The van der Waals surface area contributed by atoms with Crippen molar-refractivity contribution in [2.45, 2.75) is 84.0 Å². The van der Waals surface area contributed by atoms with Gasteiger partial charge in [0.1, 0.15) is 5.75 Å². The first kappa shape index (κ1) is 29.7. The summed E-state index contributed by atoms with van der Waals surface area (Å²) in [5.74, 6) is -2.92. The van der Waals surface area contributed by atoms with E-state index in [0.717, 1.165) is 24.8 Å². The molecule has 3 aromatic rings. The third kappa shape index (κ3) is 7.67. The molecule has 3 aromatic carbocycles. The van der Waals surface area contributed by atoms with E-state index in [4.69, 9.17) is 9.47 Å². The molecule has 0 heterocycles. The summed E-state index contributed by atoms with van der Waals surface area (Å²) in [6.45, 7) is 4.57. The summed E-state index contributed by atoms with van der Waals surface area (Å²) < 4.78 is 55.6. The number of hydrogen-bond acceptors (Lipinski definition) is 3. The molecule has 40 heavy (non-hydrogen) atoms. The summed E-state index contributed by atoms with van der Waals surface area (Å²) in [6, 6.07) is 14.8. The fraction of sp³-hybridized carbons (Fsp3) is 0.441. The van der Waals surface area contributed by atoms with E-state index in [1.165, 1.54) is 37.5 Å². The number of halogens is 3. The van der Waals surface area contributed by atoms with Crippen molar-refractivity contribution >= 4 is 5.97 Å². The Morgan fingerprint density at radius 1 is 0.825 bits per heavy atom. The Bertz CT molecular complexity index is 1260. The number of carbonyl (C=O) groups excluding carboxylic acids is 1. The van der Waals surface area contributed by atoms with Gasteiger partial charge in [0.25, 0.3) is 0 Å². The van der Waals surface area contributed by atoms with Crippen LogP contribution in [-0.2, 0) is 4.79 Å². The third-order valence-corrected chi connectivity index (χ3v) is 7.85. The minimum atomic E-state index is -0.843. The predicted octanol–water partition coefficient (Wildman–Crippen LogP) is 9.70. The maximum Gasteiger partial charge on any atom is 0.314 e. The highest BCUT2D eigenvalue weighted by atomic mass is 19.2. The summed E-state index contributed by atoms with van der Waals surface area (Å²) in [5, 5.41) is 0. The first-order valence-corrected chi connectivity index (χ1v) is 14.6. The van der Waals surface area contributed by atoms with E-state index in [0.29, 0.717) is 43.4 Å². The molecule has 0 amide bonds. The number of carbonyl (C=O) groups is 1. The van der Waals surface area contributed by atoms with Crippen LogP contribution in [0, 0.1) is 30.3 Å². The van der Waals surface area contributed by atoms with Crippen LogP contribution in [0.2, 0.25) is 0 Å². The molecule has 0 saturated heterocycles. The molecule has 0 spiro atoms. The van der Waals surface area contributed by atoms with E-state index in [-0.39, 0.29) is 28.9 Å². The molecule has 1 saturated carbocycles. The lowest BCUT2D eigenvalue weighted by Gasteiger charge is -2.28. The van der Waals surface area contributed by atoms with Crippen LogP contribution in [0.1, 0.15) is 88.2 Å². The van der Waals surface area contributed by atoms with E-state index in [1.54, 1.807) is 24.3 Å². The first-order chi connectivity index (χ1) is 19.4. The second-order valence-corrected chi connectivity index (χ2v) is 10.9. The van der Waals surface area contributed by atoms with Gasteiger partial charge in [0.2, 0.25) is 0 Å². The zero-order valence-electron chi connectivity index (χ0n) is 23.5. The summed E-state index contributed by atoms with van der Waals surface area (Å²) in [6.07, 6.45) is 8.79. The molecule has 0 atom stereocenters. The molecule has 4 rings (SSSR count). The van der Waals surface area contributed by atoms with Gasteiger partial charge in [-0.2, -0.15) is 0 Å². The number of esters is 1. The minimum absolute atomic E-state index is 0.136. The summed E-state index contributed by atoms with van der Waals surface area (Å²) in [4.78, 5) is 12.8. The highest BCUT2D eigenvalue weighted by Gasteiger charge is 2.31. The highest BCUT2D eigenvalue weighted by Crippen LogP contribution is 2.39. The zero-order chi connectivity index (χ0) is 28.5. The van der Waals surface area contributed by atoms with Gasteiger partial charge in [-0.3, -0.25) is 4.79 Å². The molecule has 0 aromatic heterocycles. The van der Waals surface area contributed by atoms with E-state index < -0.39 is 23.4 Å². The van der Waals surface area contributed by atoms with Gasteiger partial charge in [0.15, 0.2) is 23.2 Å². The topological polar surface area (TPSA) is 35.5 Å². The molecule has 3 nitrogen and oxygen atoms in total. The van der Waals surface area contributed by atoms with Crippen molar-refractivity contribution < 1.29 is 27.4 Å². The van der Waals surface area contributed by atoms with Crippen LogP contribution in [0.5, 0.6) is 11.5 Å². The van der Waals surface area contributed by atoms with E-state index in [1.807, 2.05) is 19.1 Å². The zero-order valence-corrected chi connectivity index (χ0v) is 23.5. The van der Waals surface area contributed by atoms with Gasteiger partial charge in [-0.1, -0.05) is 81.0 Å². The Labute approximate surface area is 235 Å². The molecule has 214 valence electrons. The minimum Gasteiger partial charge on any atom is -0.491 e. The van der Waals surface area contributed by atoms with Gasteiger partial charge in [-0.15, -0.1) is 0 Å². The van der Waals surface area contributed by atoms with Crippen molar-refractivity contribution in [3.8, 4) is 22.6 Å². The SMILES string of the molecule is CCCCCCCCOc1ccc(OC(=O)C2CCC(c3ccc(-c4ccc(C)cc4)c(F)c3F)CC2)cc1F. The van der Waals surface area contributed by atoms with Crippen LogP contribution < -0.4 is 9.47 Å². The van der Waals surface area contributed by atoms with Gasteiger partial charge in [0, 0.05) is 11.6 Å². The number of ether oxygens (including phenoxy) is 2. The lowest BCUT2D eigenvalue weighted by molar-refractivity contribution is -0.140. The van der Waals surface area contributed by atoms with Crippen LogP contribution >= 0.6 is 0 Å². The Morgan fingerprint density at radius 3 is 2.23 bits per heavy atom. The molecule has 0 bridgehead atoms. The van der Waals surface area contributed by atoms with Crippen LogP contribution in [0.3, 0.4) is 0 Å². The monoisotopic (exact) mass is 552 g/mol. The quantitative estimate of drug-likeness (QED) is 0.127. The van der Waals surface area contributed by atoms with Gasteiger partial charge < -0.3 is 9.47 Å². The first-order valence-electron chi connectivity index (χ1n) is 14.6. The molecule has 1 aliphatic carbocycles. The van der Waals surface area contributed by atoms with Gasteiger partial charge in [0.05, 0.1) is 12.5 Å². The fourth-order valence-corrected chi connectivity index (χ4v) is 5.40. The van der Waals surface area contributed by atoms with E-state index in [2.05, 4.69) is 6.92 Å². The van der Waals surface area contributed by atoms with Crippen molar-refractivity contribution in [3.63, 3.8) is 0 Å². The summed E-state index contributed by atoms with van der Waals surface area (Å²) >= 11 is 0. The standard InChI is InChI=1S/C34H39F3O3/c1-3-4-5-6-7-8-21-39-31-20-17-27(22-30(31)35)40-34(38)26-15-13-25(14-16-26)29-19-18-28(32(36)33(29)37)24-11-9-23(2)10-12-24/h9-12,17-20,22,25-26H,3-8,13-16,21H2,1-2H3. The molecule has 1 aliphatic rings. The normalized spacial score (nSPS) is 17.0. The molecule has 0 unspecified atom stereocenters. The molecular weight excluding hydrogens is 513 g/mol. The lowest BCUT2D eigenvalue weighted by atomic mass is 9.78. The molecule has 0 N–H and O–H groups in total. The van der Waals surface area contributed by atoms with Crippen molar-refractivity contribution in [2.75, 3.05) is 6.61 Å². The van der Waals surface area contributed by atoms with Gasteiger partial charge >= 0.3 is 5.97 Å². The fourth-order valence-electron chi connectivity index (χ4n) is 5.40. The van der Waals surface area contributed by atoms with Crippen LogP contribution in [-0.4, -0.2) is 12.6 Å². The Balaban J connectivity index is 1.27. The molecule has 6 heteroatoms. The highest BCUT2D eigenvalue weighted by molar-refractivity contribution is 5.75. The number of benzene rings is 3. The average Bonchev–Trinajstić information content (AvgIpc) is 2.96. The van der Waals surface area contributed by atoms with Crippen LogP contribution in [0.4, 0.5) is 13.2 Å². The number of hydrogen-bond donors (Lipinski definition) is 0. The maximum atomic E-state index is 15.1. The Morgan fingerprint density at radius 2 is 1.52 bits per heavy atom. The molecule has 0 aliphatic heterocycles. The van der Waals surface area contributed by atoms with Crippen LogP contribution in [0.15, 0.2) is 54.6 Å². The summed E-state index contributed by atoms with van der Waals surface area (Å²) in [7, 11) is 0. The number of unbranched alkanes of at least 4 members (excludes halogenated alkanes) is 5. The third-order valence-electron chi connectivity index (χ3n) is 7.85. The van der Waals surface area contributed by atoms with E-state index in [9.17, 15) is 13.6 Å². The van der Waals surface area contributed by atoms with Crippen molar-refractivity contribution in [2.24, 2.45) is 5.92 Å². The number of rotatable bonds is 12. The van der Waals surface area contributed by atoms with E-state index >= 15 is 4.39 Å². The molecule has 1 fully saturated rings. The Hall–Kier alpha value is -3.28. The van der Waals surface area contributed by atoms with Crippen molar-refractivity contribution in [1.82, 2.24) is 0 Å². The van der Waals surface area contributed by atoms with Crippen molar-refractivity contribution in [3.05, 3.63) is 83.2 Å². The largest absolute Gasteiger partial charge is 0.491 e. The second-order valence-electron chi connectivity index (χ2n) is 10.9. The molecule has 0 radical (unpaired) electrons. The number of aryl methyl sites for hydroxylation is 1. The summed E-state index contributed by atoms with van der Waals surface area (Å²) in [5.41, 5.74) is 2.27. The van der Waals surface area contributed by atoms with Gasteiger partial charge in [-0.05, 0) is 68.2 Å². The van der Waals surface area contributed by atoms with Crippen molar-refractivity contribution in [1.29, 1.82) is 0 Å². The smallest absolute Gasteiger partial charge is 0.314 e. The van der Waals surface area contributed by atoms with Crippen LogP contribution in [0.25, 0.3) is 11.1 Å². The predicted molar refractivity (Wildman–Crippen MR) is 152 cm³/mol. The Kier molecular flexibility index (Phi) is 10.7. The second kappa shape index (κ2) is 14.4. The lowest BCUT2D eigenvalue weighted by Crippen LogP contribution is -2.25. The van der Waals surface area contributed by atoms with Gasteiger partial charge in [-0.25, -0.2) is 13.2 Å². The molecular formula is C34H39F3O3. The maximum absolute atomic E-state index is 15.1. The average molecular weight is 553 g/mol.